The summed E-state index contributed by atoms with van der Waals surface area (Å²) in [7, 11) is 0. The summed E-state index contributed by atoms with van der Waals surface area (Å²) in [5.74, 6) is 0.238. The van der Waals surface area contributed by atoms with Crippen LogP contribution in [0.15, 0.2) is 42.5 Å². The Kier molecular flexibility index (Phi) is 5.17. The molecule has 2 aromatic rings. The molecule has 1 heterocycles. The molecule has 1 N–H and O–H groups in total. The molecule has 0 bridgehead atoms. The Labute approximate surface area is 160 Å². The van der Waals surface area contributed by atoms with Gasteiger partial charge in [-0.1, -0.05) is 37.3 Å². The van der Waals surface area contributed by atoms with E-state index in [1.54, 1.807) is 6.07 Å². The molecular weight excluding hydrogens is 338 g/mol. The first kappa shape index (κ1) is 18.1. The Bertz CT molecular complexity index is 832. The highest BCUT2D eigenvalue weighted by Gasteiger charge is 2.32. The van der Waals surface area contributed by atoms with Gasteiger partial charge in [0.25, 0.3) is 0 Å². The Hall–Kier alpha value is -2.33. The van der Waals surface area contributed by atoms with Crippen LogP contribution >= 0.6 is 0 Å². The van der Waals surface area contributed by atoms with Crippen molar-refractivity contribution in [3.8, 4) is 5.75 Å². The first-order valence-corrected chi connectivity index (χ1v) is 10.0. The first-order valence-electron chi connectivity index (χ1n) is 10.0. The van der Waals surface area contributed by atoms with Gasteiger partial charge in [-0.15, -0.1) is 0 Å². The van der Waals surface area contributed by atoms with Crippen LogP contribution in [0.25, 0.3) is 0 Å². The van der Waals surface area contributed by atoms with Crippen LogP contribution in [0, 0.1) is 0 Å². The number of carbonyl (C=O) groups is 1. The number of rotatable bonds is 6. The number of phenols is 1. The summed E-state index contributed by atoms with van der Waals surface area (Å²) in [4.78, 5) is 14.6. The lowest BCUT2D eigenvalue weighted by Crippen LogP contribution is -2.40. The van der Waals surface area contributed by atoms with E-state index in [0.717, 1.165) is 56.3 Å². The lowest BCUT2D eigenvalue weighted by Gasteiger charge is -2.35. The summed E-state index contributed by atoms with van der Waals surface area (Å²) >= 11 is 0. The van der Waals surface area contributed by atoms with Crippen molar-refractivity contribution in [2.75, 3.05) is 13.1 Å². The number of esters is 1. The largest absolute Gasteiger partial charge is 0.508 e. The van der Waals surface area contributed by atoms with Gasteiger partial charge in [-0.05, 0) is 55.5 Å². The molecule has 0 saturated heterocycles. The molecule has 27 heavy (non-hydrogen) atoms. The maximum Gasteiger partial charge on any atom is 0.339 e. The van der Waals surface area contributed by atoms with E-state index in [0.29, 0.717) is 17.4 Å². The van der Waals surface area contributed by atoms with Crippen LogP contribution in [0.1, 0.15) is 59.3 Å². The summed E-state index contributed by atoms with van der Waals surface area (Å²) in [6.45, 7) is 4.17. The van der Waals surface area contributed by atoms with Gasteiger partial charge in [-0.3, -0.25) is 4.90 Å². The highest BCUT2D eigenvalue weighted by Crippen LogP contribution is 2.34. The molecule has 0 radical (unpaired) electrons. The molecule has 0 spiro atoms. The van der Waals surface area contributed by atoms with Crippen LogP contribution in [0.3, 0.4) is 0 Å². The number of hydrogen-bond donors (Lipinski definition) is 1. The lowest BCUT2D eigenvalue weighted by molar-refractivity contribution is 0.0328. The number of hydrogen-bond acceptors (Lipinski definition) is 4. The third-order valence-corrected chi connectivity index (χ3v) is 5.91. The molecule has 0 saturated carbocycles. The Balaban J connectivity index is 1.44. The van der Waals surface area contributed by atoms with Gasteiger partial charge in [-0.2, -0.15) is 0 Å². The Morgan fingerprint density at radius 1 is 1.15 bits per heavy atom. The van der Waals surface area contributed by atoms with Crippen molar-refractivity contribution >= 4 is 5.97 Å². The zero-order chi connectivity index (χ0) is 18.8. The fourth-order valence-corrected chi connectivity index (χ4v) is 4.56. The van der Waals surface area contributed by atoms with E-state index in [2.05, 4.69) is 17.9 Å². The molecule has 1 aliphatic carbocycles. The number of phenolic OH excluding ortho intramolecular Hbond substituents is 1. The second kappa shape index (κ2) is 7.73. The van der Waals surface area contributed by atoms with Gasteiger partial charge in [-0.25, -0.2) is 4.79 Å². The Morgan fingerprint density at radius 2 is 2.00 bits per heavy atom. The highest BCUT2D eigenvalue weighted by molar-refractivity contribution is 5.93. The second-order valence-electron chi connectivity index (χ2n) is 7.62. The van der Waals surface area contributed by atoms with Gasteiger partial charge < -0.3 is 9.84 Å². The van der Waals surface area contributed by atoms with E-state index in [9.17, 15) is 9.90 Å². The minimum Gasteiger partial charge on any atom is -0.508 e. The number of nitrogens with zero attached hydrogens (tertiary/aromatic N) is 1. The Morgan fingerprint density at radius 3 is 2.85 bits per heavy atom. The summed E-state index contributed by atoms with van der Waals surface area (Å²) in [5, 5.41) is 10.1. The average molecular weight is 365 g/mol. The van der Waals surface area contributed by atoms with E-state index >= 15 is 0 Å². The SMILES string of the molecule is CCCN(CC[C@H]1OC(=O)c2ccccc21)C1CCc2c(O)cccc2C1. The molecule has 4 heteroatoms. The predicted octanol–water partition coefficient (Wildman–Crippen LogP) is 4.26. The maximum absolute atomic E-state index is 12.1. The van der Waals surface area contributed by atoms with Crippen LogP contribution in [0.5, 0.6) is 5.75 Å². The average Bonchev–Trinajstić information content (AvgIpc) is 3.01. The van der Waals surface area contributed by atoms with Crippen LogP contribution in [0.4, 0.5) is 0 Å². The number of aromatic hydroxyl groups is 1. The smallest absolute Gasteiger partial charge is 0.339 e. The van der Waals surface area contributed by atoms with Crippen LogP contribution in [0.2, 0.25) is 0 Å². The summed E-state index contributed by atoms with van der Waals surface area (Å²) in [6.07, 6.45) is 4.76. The van der Waals surface area contributed by atoms with Gasteiger partial charge in [0.15, 0.2) is 0 Å². The number of cyclic esters (lactones) is 1. The monoisotopic (exact) mass is 365 g/mol. The van der Waals surface area contributed by atoms with Crippen molar-refractivity contribution in [3.63, 3.8) is 0 Å². The van der Waals surface area contributed by atoms with Crippen LogP contribution in [-0.4, -0.2) is 35.1 Å². The van der Waals surface area contributed by atoms with Crippen molar-refractivity contribution in [2.45, 2.75) is 51.2 Å². The quantitative estimate of drug-likeness (QED) is 0.777. The van der Waals surface area contributed by atoms with Gasteiger partial charge in [0.2, 0.25) is 0 Å². The van der Waals surface area contributed by atoms with Gasteiger partial charge in [0.1, 0.15) is 11.9 Å². The minimum absolute atomic E-state index is 0.132. The van der Waals surface area contributed by atoms with Crippen molar-refractivity contribution in [3.05, 3.63) is 64.7 Å². The first-order chi connectivity index (χ1) is 13.2. The molecule has 1 aliphatic heterocycles. The molecular formula is C23H27NO3. The van der Waals surface area contributed by atoms with E-state index in [1.807, 2.05) is 30.3 Å². The summed E-state index contributed by atoms with van der Waals surface area (Å²) in [5.41, 5.74) is 4.12. The summed E-state index contributed by atoms with van der Waals surface area (Å²) < 4.78 is 5.62. The van der Waals surface area contributed by atoms with Crippen molar-refractivity contribution in [1.82, 2.24) is 4.90 Å². The van der Waals surface area contributed by atoms with Crippen molar-refractivity contribution < 1.29 is 14.6 Å². The lowest BCUT2D eigenvalue weighted by atomic mass is 9.86. The van der Waals surface area contributed by atoms with E-state index in [4.69, 9.17) is 4.74 Å². The third-order valence-electron chi connectivity index (χ3n) is 5.91. The number of carbonyl (C=O) groups excluding carboxylic acids is 1. The van der Waals surface area contributed by atoms with E-state index in [1.165, 1.54) is 5.56 Å². The fourth-order valence-electron chi connectivity index (χ4n) is 4.56. The molecule has 2 aliphatic rings. The second-order valence-corrected chi connectivity index (χ2v) is 7.62. The fraction of sp³-hybridized carbons (Fsp3) is 0.435. The molecule has 142 valence electrons. The van der Waals surface area contributed by atoms with Crippen LogP contribution < -0.4 is 0 Å². The zero-order valence-corrected chi connectivity index (χ0v) is 15.9. The van der Waals surface area contributed by atoms with Gasteiger partial charge >= 0.3 is 5.97 Å². The zero-order valence-electron chi connectivity index (χ0n) is 15.9. The maximum atomic E-state index is 12.1. The molecule has 1 unspecified atom stereocenters. The van der Waals surface area contributed by atoms with Gasteiger partial charge in [0, 0.05) is 24.6 Å². The molecule has 0 fully saturated rings. The molecule has 0 amide bonds. The minimum atomic E-state index is -0.195. The summed E-state index contributed by atoms with van der Waals surface area (Å²) in [6, 6.07) is 14.1. The molecule has 2 atom stereocenters. The molecule has 4 nitrogen and oxygen atoms in total. The topological polar surface area (TPSA) is 49.8 Å². The molecule has 2 aromatic carbocycles. The third kappa shape index (κ3) is 3.59. The van der Waals surface area contributed by atoms with Crippen molar-refractivity contribution in [2.24, 2.45) is 0 Å². The highest BCUT2D eigenvalue weighted by atomic mass is 16.5. The van der Waals surface area contributed by atoms with Crippen LogP contribution in [-0.2, 0) is 17.6 Å². The van der Waals surface area contributed by atoms with Crippen molar-refractivity contribution in [1.29, 1.82) is 0 Å². The van der Waals surface area contributed by atoms with Gasteiger partial charge in [0.05, 0.1) is 5.56 Å². The number of benzene rings is 2. The number of fused-ring (bicyclic) bond motifs is 2. The standard InChI is InChI=1S/C23H27NO3/c1-2-13-24(17-10-11-18-16(15-17)6-5-9-21(18)25)14-12-22-19-7-3-4-8-20(19)23(26)27-22/h3-9,17,22,25H,2,10-15H2,1H3/t17?,22-/m1/s1. The predicted molar refractivity (Wildman–Crippen MR) is 105 cm³/mol. The normalized spacial score (nSPS) is 21.0. The number of ether oxygens (including phenoxy) is 1. The van der Waals surface area contributed by atoms with E-state index in [-0.39, 0.29) is 12.1 Å². The molecule has 0 aromatic heterocycles. The van der Waals surface area contributed by atoms with E-state index < -0.39 is 0 Å². The molecule has 4 rings (SSSR count).